The number of rotatable bonds is 4. The number of ether oxygens (including phenoxy) is 1. The Labute approximate surface area is 183 Å². The van der Waals surface area contributed by atoms with Crippen molar-refractivity contribution < 1.29 is 14.3 Å². The predicted molar refractivity (Wildman–Crippen MR) is 118 cm³/mol. The SMILES string of the molecule is Cc1cc(OC2CCN(C(=O)C3CC(=O)N(c4ccc(C)c(C)c4)C3)CC2)nc(C)n1. The second-order valence-corrected chi connectivity index (χ2v) is 8.71. The van der Waals surface area contributed by atoms with Crippen LogP contribution in [0.2, 0.25) is 0 Å². The van der Waals surface area contributed by atoms with Gasteiger partial charge in [-0.05, 0) is 51.0 Å². The fourth-order valence-electron chi connectivity index (χ4n) is 4.38. The van der Waals surface area contributed by atoms with Gasteiger partial charge >= 0.3 is 0 Å². The number of hydrogen-bond donors (Lipinski definition) is 0. The standard InChI is InChI=1S/C24H30N4O3/c1-15-5-6-20(11-16(15)2)28-14-19(13-23(28)29)24(30)27-9-7-21(8-10-27)31-22-12-17(3)25-18(4)26-22/h5-6,11-12,19,21H,7-10,13-14H2,1-4H3. The monoisotopic (exact) mass is 422 g/mol. The Morgan fingerprint density at radius 2 is 1.77 bits per heavy atom. The summed E-state index contributed by atoms with van der Waals surface area (Å²) in [5.41, 5.74) is 4.11. The van der Waals surface area contributed by atoms with E-state index in [1.165, 1.54) is 5.56 Å². The van der Waals surface area contributed by atoms with Crippen molar-refractivity contribution in [1.82, 2.24) is 14.9 Å². The molecule has 0 saturated carbocycles. The highest BCUT2D eigenvalue weighted by atomic mass is 16.5. The number of carbonyl (C=O) groups is 2. The Morgan fingerprint density at radius 3 is 2.45 bits per heavy atom. The fraction of sp³-hybridized carbons (Fsp3) is 0.500. The third-order valence-electron chi connectivity index (χ3n) is 6.26. The lowest BCUT2D eigenvalue weighted by molar-refractivity contribution is -0.137. The predicted octanol–water partition coefficient (Wildman–Crippen LogP) is 3.13. The van der Waals surface area contributed by atoms with Gasteiger partial charge in [0.15, 0.2) is 0 Å². The van der Waals surface area contributed by atoms with Crippen LogP contribution in [0.4, 0.5) is 5.69 Å². The van der Waals surface area contributed by atoms with E-state index in [4.69, 9.17) is 4.74 Å². The van der Waals surface area contributed by atoms with E-state index < -0.39 is 0 Å². The number of piperidine rings is 1. The number of likely N-dealkylation sites (tertiary alicyclic amines) is 1. The van der Waals surface area contributed by atoms with Gasteiger partial charge in [-0.15, -0.1) is 0 Å². The van der Waals surface area contributed by atoms with Crippen LogP contribution in [-0.4, -0.2) is 52.4 Å². The van der Waals surface area contributed by atoms with Gasteiger partial charge in [-0.25, -0.2) is 4.98 Å². The van der Waals surface area contributed by atoms with Crippen molar-refractivity contribution in [1.29, 1.82) is 0 Å². The zero-order chi connectivity index (χ0) is 22.1. The average molecular weight is 423 g/mol. The summed E-state index contributed by atoms with van der Waals surface area (Å²) in [6.45, 7) is 9.60. The number of carbonyl (C=O) groups excluding carboxylic acids is 2. The van der Waals surface area contributed by atoms with Crippen molar-refractivity contribution in [2.24, 2.45) is 5.92 Å². The summed E-state index contributed by atoms with van der Waals surface area (Å²) in [7, 11) is 0. The van der Waals surface area contributed by atoms with E-state index in [2.05, 4.69) is 16.9 Å². The first-order valence-electron chi connectivity index (χ1n) is 11.0. The summed E-state index contributed by atoms with van der Waals surface area (Å²) in [4.78, 5) is 37.9. The molecular formula is C24H30N4O3. The fourth-order valence-corrected chi connectivity index (χ4v) is 4.38. The van der Waals surface area contributed by atoms with Crippen molar-refractivity contribution >= 4 is 17.5 Å². The third kappa shape index (κ3) is 4.70. The van der Waals surface area contributed by atoms with Gasteiger partial charge < -0.3 is 14.5 Å². The van der Waals surface area contributed by atoms with Crippen LogP contribution in [0.1, 0.15) is 41.9 Å². The lowest BCUT2D eigenvalue weighted by Gasteiger charge is -2.33. The maximum absolute atomic E-state index is 13.1. The highest BCUT2D eigenvalue weighted by Crippen LogP contribution is 2.29. The first kappa shape index (κ1) is 21.3. The van der Waals surface area contributed by atoms with E-state index in [1.54, 1.807) is 4.90 Å². The molecule has 2 aliphatic heterocycles. The maximum Gasteiger partial charge on any atom is 0.228 e. The Bertz CT molecular complexity index is 978. The van der Waals surface area contributed by atoms with E-state index in [0.29, 0.717) is 31.3 Å². The van der Waals surface area contributed by atoms with Gasteiger partial charge in [-0.2, -0.15) is 4.98 Å². The summed E-state index contributed by atoms with van der Waals surface area (Å²) >= 11 is 0. The van der Waals surface area contributed by atoms with E-state index in [0.717, 1.165) is 29.8 Å². The third-order valence-corrected chi connectivity index (χ3v) is 6.26. The lowest BCUT2D eigenvalue weighted by Crippen LogP contribution is -2.45. The van der Waals surface area contributed by atoms with E-state index in [9.17, 15) is 9.59 Å². The topological polar surface area (TPSA) is 75.6 Å². The smallest absolute Gasteiger partial charge is 0.228 e. The molecule has 2 amide bonds. The Morgan fingerprint density at radius 1 is 1.03 bits per heavy atom. The molecule has 0 N–H and O–H groups in total. The zero-order valence-corrected chi connectivity index (χ0v) is 18.7. The van der Waals surface area contributed by atoms with Crippen LogP contribution < -0.4 is 9.64 Å². The van der Waals surface area contributed by atoms with E-state index >= 15 is 0 Å². The minimum atomic E-state index is -0.279. The average Bonchev–Trinajstić information content (AvgIpc) is 3.11. The molecule has 7 nitrogen and oxygen atoms in total. The summed E-state index contributed by atoms with van der Waals surface area (Å²) < 4.78 is 6.03. The van der Waals surface area contributed by atoms with Crippen LogP contribution in [0, 0.1) is 33.6 Å². The summed E-state index contributed by atoms with van der Waals surface area (Å²) in [5.74, 6) is 1.11. The molecule has 2 aromatic rings. The van der Waals surface area contributed by atoms with Gasteiger partial charge in [-0.1, -0.05) is 6.07 Å². The number of amides is 2. The molecule has 0 radical (unpaired) electrons. The molecule has 1 unspecified atom stereocenters. The summed E-state index contributed by atoms with van der Waals surface area (Å²) in [6.07, 6.45) is 1.84. The van der Waals surface area contributed by atoms with Gasteiger partial charge in [0.1, 0.15) is 11.9 Å². The molecule has 0 bridgehead atoms. The van der Waals surface area contributed by atoms with Crippen molar-refractivity contribution in [3.8, 4) is 5.88 Å². The molecule has 7 heteroatoms. The molecule has 0 spiro atoms. The Kier molecular flexibility index (Phi) is 5.94. The van der Waals surface area contributed by atoms with Gasteiger partial charge in [-0.3, -0.25) is 9.59 Å². The molecular weight excluding hydrogens is 392 g/mol. The van der Waals surface area contributed by atoms with Crippen molar-refractivity contribution in [3.63, 3.8) is 0 Å². The highest BCUT2D eigenvalue weighted by Gasteiger charge is 2.38. The molecule has 0 aliphatic carbocycles. The lowest BCUT2D eigenvalue weighted by atomic mass is 10.0. The Hall–Kier alpha value is -2.96. The Balaban J connectivity index is 1.33. The number of hydrogen-bond acceptors (Lipinski definition) is 5. The van der Waals surface area contributed by atoms with Crippen LogP contribution in [-0.2, 0) is 9.59 Å². The van der Waals surface area contributed by atoms with E-state index in [-0.39, 0.29) is 30.3 Å². The molecule has 2 aliphatic rings. The molecule has 1 aromatic carbocycles. The molecule has 3 heterocycles. The molecule has 31 heavy (non-hydrogen) atoms. The molecule has 164 valence electrons. The van der Waals surface area contributed by atoms with Crippen molar-refractivity contribution in [3.05, 3.63) is 46.9 Å². The highest BCUT2D eigenvalue weighted by molar-refractivity contribution is 6.00. The number of aromatic nitrogens is 2. The van der Waals surface area contributed by atoms with Gasteiger partial charge in [0.2, 0.25) is 17.7 Å². The van der Waals surface area contributed by atoms with E-state index in [1.807, 2.05) is 49.9 Å². The van der Waals surface area contributed by atoms with Crippen molar-refractivity contribution in [2.45, 2.75) is 53.1 Å². The summed E-state index contributed by atoms with van der Waals surface area (Å²) in [6, 6.07) is 7.86. The van der Waals surface area contributed by atoms with Crippen LogP contribution in [0.15, 0.2) is 24.3 Å². The van der Waals surface area contributed by atoms with Crippen LogP contribution in [0.3, 0.4) is 0 Å². The van der Waals surface area contributed by atoms with Crippen LogP contribution in [0.5, 0.6) is 5.88 Å². The van der Waals surface area contributed by atoms with Crippen LogP contribution in [0.25, 0.3) is 0 Å². The quantitative estimate of drug-likeness (QED) is 0.757. The molecule has 2 saturated heterocycles. The molecule has 1 aromatic heterocycles. The first-order chi connectivity index (χ1) is 14.8. The molecule has 1 atom stereocenters. The largest absolute Gasteiger partial charge is 0.474 e. The number of nitrogens with zero attached hydrogens (tertiary/aromatic N) is 4. The number of benzene rings is 1. The van der Waals surface area contributed by atoms with Crippen LogP contribution >= 0.6 is 0 Å². The second kappa shape index (κ2) is 8.65. The van der Waals surface area contributed by atoms with Crippen molar-refractivity contribution in [2.75, 3.05) is 24.5 Å². The summed E-state index contributed by atoms with van der Waals surface area (Å²) in [5, 5.41) is 0. The normalized spacial score (nSPS) is 19.7. The minimum absolute atomic E-state index is 0.0225. The molecule has 4 rings (SSSR count). The first-order valence-corrected chi connectivity index (χ1v) is 11.0. The van der Waals surface area contributed by atoms with Gasteiger partial charge in [0, 0.05) is 56.3 Å². The number of anilines is 1. The molecule has 2 fully saturated rings. The second-order valence-electron chi connectivity index (χ2n) is 8.71. The number of aryl methyl sites for hydroxylation is 4. The minimum Gasteiger partial charge on any atom is -0.474 e. The maximum atomic E-state index is 13.1. The zero-order valence-electron chi connectivity index (χ0n) is 18.7. The van der Waals surface area contributed by atoms with Gasteiger partial charge in [0.25, 0.3) is 0 Å². The van der Waals surface area contributed by atoms with Gasteiger partial charge in [0.05, 0.1) is 5.92 Å².